The number of nitrogens with one attached hydrogen (secondary N) is 1. The molecule has 0 saturated heterocycles. The fraction of sp³-hybridized carbons (Fsp3) is 0.368. The van der Waals surface area contributed by atoms with Crippen LogP contribution in [0.3, 0.4) is 0 Å². The molecule has 1 atom stereocenters. The topological polar surface area (TPSA) is 21.3 Å². The fourth-order valence-electron chi connectivity index (χ4n) is 2.93. The molecule has 0 saturated carbocycles. The molecule has 1 heterocycles. The summed E-state index contributed by atoms with van der Waals surface area (Å²) in [7, 11) is 0. The maximum Gasteiger partial charge on any atom is 0.123 e. The van der Waals surface area contributed by atoms with Crippen molar-refractivity contribution < 1.29 is 4.74 Å². The quantitative estimate of drug-likeness (QED) is 0.848. The molecule has 0 radical (unpaired) electrons. The van der Waals surface area contributed by atoms with Crippen LogP contribution in [-0.4, -0.2) is 19.2 Å². The molecular weight excluding hydrogens is 258 g/mol. The number of hydrogen-bond donors (Lipinski definition) is 1. The van der Waals surface area contributed by atoms with Crippen molar-refractivity contribution in [3.63, 3.8) is 0 Å². The van der Waals surface area contributed by atoms with Crippen LogP contribution in [0.4, 0.5) is 0 Å². The van der Waals surface area contributed by atoms with E-state index in [1.54, 1.807) is 0 Å². The van der Waals surface area contributed by atoms with Gasteiger partial charge in [0.1, 0.15) is 11.9 Å². The van der Waals surface area contributed by atoms with Crippen molar-refractivity contribution in [2.75, 3.05) is 13.1 Å². The second-order valence-electron chi connectivity index (χ2n) is 6.00. The summed E-state index contributed by atoms with van der Waals surface area (Å²) in [6.45, 7) is 6.19. The van der Waals surface area contributed by atoms with Gasteiger partial charge in [-0.05, 0) is 44.0 Å². The summed E-state index contributed by atoms with van der Waals surface area (Å²) in [5.41, 5.74) is 5.39. The predicted octanol–water partition coefficient (Wildman–Crippen LogP) is 3.44. The number of aryl methyl sites for hydroxylation is 2. The summed E-state index contributed by atoms with van der Waals surface area (Å²) in [6, 6.07) is 15.2. The molecule has 3 rings (SSSR count). The molecule has 0 aliphatic carbocycles. The Hall–Kier alpha value is -1.80. The number of benzene rings is 2. The third-order valence-electron chi connectivity index (χ3n) is 4.00. The van der Waals surface area contributed by atoms with Crippen LogP contribution in [0.5, 0.6) is 5.75 Å². The Balaban J connectivity index is 1.43. The second-order valence-corrected chi connectivity index (χ2v) is 6.00. The molecule has 2 aromatic rings. The van der Waals surface area contributed by atoms with Crippen LogP contribution in [0.15, 0.2) is 42.5 Å². The highest BCUT2D eigenvalue weighted by atomic mass is 16.5. The SMILES string of the molecule is Cc1cccc(CCNCC2Cc3cc(C)ccc3O2)c1. The van der Waals surface area contributed by atoms with Crippen LogP contribution in [0.2, 0.25) is 0 Å². The smallest absolute Gasteiger partial charge is 0.123 e. The molecule has 2 aromatic carbocycles. The summed E-state index contributed by atoms with van der Waals surface area (Å²) in [5, 5.41) is 3.52. The van der Waals surface area contributed by atoms with E-state index in [0.29, 0.717) is 0 Å². The van der Waals surface area contributed by atoms with E-state index >= 15 is 0 Å². The van der Waals surface area contributed by atoms with Crippen LogP contribution in [0, 0.1) is 13.8 Å². The van der Waals surface area contributed by atoms with Gasteiger partial charge in [0.05, 0.1) is 0 Å². The molecule has 110 valence electrons. The van der Waals surface area contributed by atoms with Crippen molar-refractivity contribution >= 4 is 0 Å². The number of fused-ring (bicyclic) bond motifs is 1. The molecular formula is C19H23NO. The highest BCUT2D eigenvalue weighted by Gasteiger charge is 2.22. The number of ether oxygens (including phenoxy) is 1. The van der Waals surface area contributed by atoms with Crippen molar-refractivity contribution in [1.82, 2.24) is 5.32 Å². The van der Waals surface area contributed by atoms with Gasteiger partial charge in [0, 0.05) is 13.0 Å². The molecule has 1 N–H and O–H groups in total. The highest BCUT2D eigenvalue weighted by Crippen LogP contribution is 2.29. The average molecular weight is 281 g/mol. The van der Waals surface area contributed by atoms with E-state index in [9.17, 15) is 0 Å². The molecule has 2 heteroatoms. The first-order valence-electron chi connectivity index (χ1n) is 7.73. The monoisotopic (exact) mass is 281 g/mol. The summed E-state index contributed by atoms with van der Waals surface area (Å²) in [4.78, 5) is 0. The van der Waals surface area contributed by atoms with Gasteiger partial charge in [-0.1, -0.05) is 47.5 Å². The molecule has 0 bridgehead atoms. The third kappa shape index (κ3) is 3.64. The van der Waals surface area contributed by atoms with Crippen molar-refractivity contribution in [3.05, 3.63) is 64.7 Å². The Morgan fingerprint density at radius 3 is 2.81 bits per heavy atom. The van der Waals surface area contributed by atoms with E-state index < -0.39 is 0 Å². The van der Waals surface area contributed by atoms with Crippen molar-refractivity contribution in [3.8, 4) is 5.75 Å². The van der Waals surface area contributed by atoms with E-state index in [0.717, 1.165) is 31.7 Å². The van der Waals surface area contributed by atoms with Crippen LogP contribution in [-0.2, 0) is 12.8 Å². The lowest BCUT2D eigenvalue weighted by atomic mass is 10.1. The van der Waals surface area contributed by atoms with Gasteiger partial charge in [0.25, 0.3) is 0 Å². The second kappa shape index (κ2) is 6.31. The first kappa shape index (κ1) is 14.2. The molecule has 1 aliphatic rings. The minimum atomic E-state index is 0.277. The Bertz CT molecular complexity index is 621. The van der Waals surface area contributed by atoms with E-state index in [2.05, 4.69) is 61.6 Å². The van der Waals surface area contributed by atoms with E-state index in [1.807, 2.05) is 0 Å². The molecule has 0 spiro atoms. The maximum atomic E-state index is 5.97. The van der Waals surface area contributed by atoms with E-state index in [4.69, 9.17) is 4.74 Å². The maximum absolute atomic E-state index is 5.97. The normalized spacial score (nSPS) is 16.6. The minimum absolute atomic E-state index is 0.277. The zero-order valence-corrected chi connectivity index (χ0v) is 12.9. The molecule has 21 heavy (non-hydrogen) atoms. The lowest BCUT2D eigenvalue weighted by molar-refractivity contribution is 0.228. The summed E-state index contributed by atoms with van der Waals surface area (Å²) in [6.07, 6.45) is 2.37. The predicted molar refractivity (Wildman–Crippen MR) is 87.1 cm³/mol. The molecule has 2 nitrogen and oxygen atoms in total. The van der Waals surface area contributed by atoms with Crippen molar-refractivity contribution in [2.24, 2.45) is 0 Å². The summed E-state index contributed by atoms with van der Waals surface area (Å²) in [5.74, 6) is 1.06. The minimum Gasteiger partial charge on any atom is -0.488 e. The third-order valence-corrected chi connectivity index (χ3v) is 4.00. The highest BCUT2D eigenvalue weighted by molar-refractivity contribution is 5.40. The van der Waals surface area contributed by atoms with Gasteiger partial charge in [0.15, 0.2) is 0 Å². The zero-order chi connectivity index (χ0) is 14.7. The summed E-state index contributed by atoms with van der Waals surface area (Å²) >= 11 is 0. The summed E-state index contributed by atoms with van der Waals surface area (Å²) < 4.78 is 5.97. The Labute approximate surface area is 127 Å². The van der Waals surface area contributed by atoms with Gasteiger partial charge in [0.2, 0.25) is 0 Å². The fourth-order valence-corrected chi connectivity index (χ4v) is 2.93. The van der Waals surface area contributed by atoms with Crippen molar-refractivity contribution in [2.45, 2.75) is 32.8 Å². The van der Waals surface area contributed by atoms with Gasteiger partial charge in [-0.2, -0.15) is 0 Å². The van der Waals surface area contributed by atoms with Gasteiger partial charge >= 0.3 is 0 Å². The number of hydrogen-bond acceptors (Lipinski definition) is 2. The van der Waals surface area contributed by atoms with Crippen LogP contribution in [0.25, 0.3) is 0 Å². The number of rotatable bonds is 5. The molecule has 0 amide bonds. The Morgan fingerprint density at radius 2 is 1.95 bits per heavy atom. The van der Waals surface area contributed by atoms with Crippen LogP contribution < -0.4 is 10.1 Å². The van der Waals surface area contributed by atoms with E-state index in [1.165, 1.54) is 22.3 Å². The first-order valence-corrected chi connectivity index (χ1v) is 7.73. The first-order chi connectivity index (χ1) is 10.2. The molecule has 1 aliphatic heterocycles. The lowest BCUT2D eigenvalue weighted by Gasteiger charge is -2.12. The lowest BCUT2D eigenvalue weighted by Crippen LogP contribution is -2.31. The van der Waals surface area contributed by atoms with E-state index in [-0.39, 0.29) is 6.10 Å². The molecule has 0 aromatic heterocycles. The standard InChI is InChI=1S/C19H23NO/c1-14-4-3-5-16(10-14)8-9-20-13-18-12-17-11-15(2)6-7-19(17)21-18/h3-7,10-11,18,20H,8-9,12-13H2,1-2H3. The molecule has 0 fully saturated rings. The van der Waals surface area contributed by atoms with Gasteiger partial charge < -0.3 is 10.1 Å². The zero-order valence-electron chi connectivity index (χ0n) is 12.9. The van der Waals surface area contributed by atoms with Gasteiger partial charge in [-0.15, -0.1) is 0 Å². The van der Waals surface area contributed by atoms with Crippen molar-refractivity contribution in [1.29, 1.82) is 0 Å². The van der Waals surface area contributed by atoms with Crippen LogP contribution in [0.1, 0.15) is 22.3 Å². The average Bonchev–Trinajstić information content (AvgIpc) is 2.85. The van der Waals surface area contributed by atoms with Gasteiger partial charge in [-0.25, -0.2) is 0 Å². The largest absolute Gasteiger partial charge is 0.488 e. The Kier molecular flexibility index (Phi) is 4.26. The molecule has 1 unspecified atom stereocenters. The Morgan fingerprint density at radius 1 is 1.10 bits per heavy atom. The van der Waals surface area contributed by atoms with Gasteiger partial charge in [-0.3, -0.25) is 0 Å². The van der Waals surface area contributed by atoms with Crippen LogP contribution >= 0.6 is 0 Å².